The molecule has 2 atom stereocenters. The van der Waals surface area contributed by atoms with Crippen LogP contribution in [0.3, 0.4) is 0 Å². The fraction of sp³-hybridized carbons (Fsp3) is 0.917. The van der Waals surface area contributed by atoms with Gasteiger partial charge in [-0.2, -0.15) is 0 Å². The van der Waals surface area contributed by atoms with E-state index in [0.29, 0.717) is 12.5 Å². The molecule has 92 valence electrons. The first-order chi connectivity index (χ1) is 7.81. The topological polar surface area (TPSA) is 41.6 Å². The Balaban J connectivity index is 1.61. The fourth-order valence-corrected chi connectivity index (χ4v) is 2.94. The van der Waals surface area contributed by atoms with Gasteiger partial charge in [0.25, 0.3) is 0 Å². The third kappa shape index (κ3) is 2.74. The van der Waals surface area contributed by atoms with Gasteiger partial charge in [0.05, 0.1) is 7.11 Å². The van der Waals surface area contributed by atoms with Gasteiger partial charge in [-0.1, -0.05) is 0 Å². The lowest BCUT2D eigenvalue weighted by Gasteiger charge is -2.21. The predicted octanol–water partition coefficient (Wildman–Crippen LogP) is 0.766. The Morgan fingerprint density at radius 2 is 2.31 bits per heavy atom. The van der Waals surface area contributed by atoms with Crippen molar-refractivity contribution in [1.82, 2.24) is 10.2 Å². The summed E-state index contributed by atoms with van der Waals surface area (Å²) in [5.41, 5.74) is 0. The number of hydrogen-bond donors (Lipinski definition) is 1. The molecule has 4 nitrogen and oxygen atoms in total. The van der Waals surface area contributed by atoms with Crippen LogP contribution < -0.4 is 5.32 Å². The number of fused-ring (bicyclic) bond motifs is 1. The Kier molecular flexibility index (Phi) is 4.18. The SMILES string of the molecule is COC(=O)CCCNC1CCN2CCCC12. The van der Waals surface area contributed by atoms with Gasteiger partial charge in [-0.3, -0.25) is 9.69 Å². The second-order valence-corrected chi connectivity index (χ2v) is 4.77. The lowest BCUT2D eigenvalue weighted by molar-refractivity contribution is -0.140. The first-order valence-corrected chi connectivity index (χ1v) is 6.35. The molecule has 0 saturated carbocycles. The summed E-state index contributed by atoms with van der Waals surface area (Å²) in [5.74, 6) is -0.101. The smallest absolute Gasteiger partial charge is 0.305 e. The third-order valence-electron chi connectivity index (χ3n) is 3.80. The van der Waals surface area contributed by atoms with Gasteiger partial charge < -0.3 is 10.1 Å². The number of rotatable bonds is 5. The molecule has 1 N–H and O–H groups in total. The number of hydrogen-bond acceptors (Lipinski definition) is 4. The van der Waals surface area contributed by atoms with Gasteiger partial charge in [0.1, 0.15) is 0 Å². The molecular formula is C12H22N2O2. The van der Waals surface area contributed by atoms with Gasteiger partial charge >= 0.3 is 5.97 Å². The molecular weight excluding hydrogens is 204 g/mol. The molecule has 0 aromatic heterocycles. The highest BCUT2D eigenvalue weighted by Crippen LogP contribution is 2.27. The quantitative estimate of drug-likeness (QED) is 0.555. The average Bonchev–Trinajstić information content (AvgIpc) is 2.87. The summed E-state index contributed by atoms with van der Waals surface area (Å²) >= 11 is 0. The van der Waals surface area contributed by atoms with E-state index in [1.54, 1.807) is 0 Å². The normalized spacial score (nSPS) is 29.3. The molecule has 2 aliphatic rings. The van der Waals surface area contributed by atoms with Gasteiger partial charge in [-0.05, 0) is 38.8 Å². The molecule has 0 aliphatic carbocycles. The predicted molar refractivity (Wildman–Crippen MR) is 62.3 cm³/mol. The highest BCUT2D eigenvalue weighted by Gasteiger charge is 2.36. The lowest BCUT2D eigenvalue weighted by atomic mass is 10.1. The van der Waals surface area contributed by atoms with Crippen LogP contribution in [-0.2, 0) is 9.53 Å². The van der Waals surface area contributed by atoms with Gasteiger partial charge in [-0.25, -0.2) is 0 Å². The van der Waals surface area contributed by atoms with Crippen LogP contribution in [0.2, 0.25) is 0 Å². The van der Waals surface area contributed by atoms with E-state index in [1.807, 2.05) is 0 Å². The number of nitrogens with one attached hydrogen (secondary N) is 1. The van der Waals surface area contributed by atoms with Crippen LogP contribution in [0.4, 0.5) is 0 Å². The highest BCUT2D eigenvalue weighted by atomic mass is 16.5. The molecule has 16 heavy (non-hydrogen) atoms. The van der Waals surface area contributed by atoms with Crippen LogP contribution in [0.1, 0.15) is 32.1 Å². The molecule has 2 saturated heterocycles. The molecule has 2 rings (SSSR count). The van der Waals surface area contributed by atoms with Crippen molar-refractivity contribution in [3.05, 3.63) is 0 Å². The van der Waals surface area contributed by atoms with Gasteiger partial charge in [-0.15, -0.1) is 0 Å². The summed E-state index contributed by atoms with van der Waals surface area (Å²) in [6.07, 6.45) is 5.38. The van der Waals surface area contributed by atoms with E-state index in [-0.39, 0.29) is 5.97 Å². The summed E-state index contributed by atoms with van der Waals surface area (Å²) in [7, 11) is 1.45. The number of esters is 1. The van der Waals surface area contributed by atoms with Gasteiger partial charge in [0.2, 0.25) is 0 Å². The van der Waals surface area contributed by atoms with Crippen molar-refractivity contribution in [3.8, 4) is 0 Å². The first-order valence-electron chi connectivity index (χ1n) is 6.35. The summed E-state index contributed by atoms with van der Waals surface area (Å²) in [4.78, 5) is 13.5. The van der Waals surface area contributed by atoms with Crippen LogP contribution in [0.15, 0.2) is 0 Å². The molecule has 2 unspecified atom stereocenters. The molecule has 0 aromatic rings. The number of carbonyl (C=O) groups is 1. The van der Waals surface area contributed by atoms with Crippen LogP contribution in [0.5, 0.6) is 0 Å². The van der Waals surface area contributed by atoms with Crippen molar-refractivity contribution in [3.63, 3.8) is 0 Å². The molecule has 2 aliphatic heterocycles. The molecule has 0 aromatic carbocycles. The van der Waals surface area contributed by atoms with Crippen LogP contribution in [0.25, 0.3) is 0 Å². The van der Waals surface area contributed by atoms with Crippen molar-refractivity contribution in [2.75, 3.05) is 26.7 Å². The molecule has 4 heteroatoms. The standard InChI is InChI=1S/C12H22N2O2/c1-16-12(15)5-2-7-13-10-6-9-14-8-3-4-11(10)14/h10-11,13H,2-9H2,1H3. The molecule has 0 bridgehead atoms. The Bertz CT molecular complexity index is 245. The van der Waals surface area contributed by atoms with Crippen molar-refractivity contribution >= 4 is 5.97 Å². The zero-order valence-electron chi connectivity index (χ0n) is 10.1. The van der Waals surface area contributed by atoms with Crippen molar-refractivity contribution in [1.29, 1.82) is 0 Å². The number of carbonyl (C=O) groups excluding carboxylic acids is 1. The van der Waals surface area contributed by atoms with Crippen molar-refractivity contribution in [2.24, 2.45) is 0 Å². The maximum absolute atomic E-state index is 10.9. The highest BCUT2D eigenvalue weighted by molar-refractivity contribution is 5.69. The van der Waals surface area contributed by atoms with Crippen molar-refractivity contribution < 1.29 is 9.53 Å². The van der Waals surface area contributed by atoms with E-state index in [4.69, 9.17) is 0 Å². The number of nitrogens with zero attached hydrogens (tertiary/aromatic N) is 1. The minimum Gasteiger partial charge on any atom is -0.469 e. The number of methoxy groups -OCH3 is 1. The van der Waals surface area contributed by atoms with Crippen molar-refractivity contribution in [2.45, 2.75) is 44.2 Å². The monoisotopic (exact) mass is 226 g/mol. The number of ether oxygens (including phenoxy) is 1. The Labute approximate surface area is 97.3 Å². The van der Waals surface area contributed by atoms with E-state index >= 15 is 0 Å². The van der Waals surface area contributed by atoms with Gasteiger partial charge in [0, 0.05) is 25.0 Å². The average molecular weight is 226 g/mol. The second kappa shape index (κ2) is 5.64. The van der Waals surface area contributed by atoms with Crippen LogP contribution in [-0.4, -0.2) is 49.7 Å². The first kappa shape index (κ1) is 11.9. The van der Waals surface area contributed by atoms with E-state index in [2.05, 4.69) is 15.0 Å². The molecule has 0 amide bonds. The van der Waals surface area contributed by atoms with Crippen LogP contribution in [0, 0.1) is 0 Å². The summed E-state index contributed by atoms with van der Waals surface area (Å²) < 4.78 is 4.62. The maximum Gasteiger partial charge on any atom is 0.305 e. The summed E-state index contributed by atoms with van der Waals surface area (Å²) in [6.45, 7) is 3.47. The van der Waals surface area contributed by atoms with E-state index in [1.165, 1.54) is 39.5 Å². The van der Waals surface area contributed by atoms with Gasteiger partial charge in [0.15, 0.2) is 0 Å². The molecule has 2 fully saturated rings. The Hall–Kier alpha value is -0.610. The van der Waals surface area contributed by atoms with E-state index < -0.39 is 0 Å². The third-order valence-corrected chi connectivity index (χ3v) is 3.80. The summed E-state index contributed by atoms with van der Waals surface area (Å²) in [6, 6.07) is 1.42. The Morgan fingerprint density at radius 3 is 3.12 bits per heavy atom. The van der Waals surface area contributed by atoms with E-state index in [9.17, 15) is 4.79 Å². The fourth-order valence-electron chi connectivity index (χ4n) is 2.94. The molecule has 0 spiro atoms. The lowest BCUT2D eigenvalue weighted by Crippen LogP contribution is -2.39. The largest absolute Gasteiger partial charge is 0.469 e. The minimum atomic E-state index is -0.101. The maximum atomic E-state index is 10.9. The molecule has 2 heterocycles. The zero-order chi connectivity index (χ0) is 11.4. The minimum absolute atomic E-state index is 0.101. The Morgan fingerprint density at radius 1 is 1.44 bits per heavy atom. The zero-order valence-corrected chi connectivity index (χ0v) is 10.1. The molecule has 0 radical (unpaired) electrons. The van der Waals surface area contributed by atoms with Crippen LogP contribution >= 0.6 is 0 Å². The van der Waals surface area contributed by atoms with E-state index in [0.717, 1.165) is 19.0 Å². The summed E-state index contributed by atoms with van der Waals surface area (Å²) in [5, 5.41) is 3.58. The second-order valence-electron chi connectivity index (χ2n) is 4.77.